The summed E-state index contributed by atoms with van der Waals surface area (Å²) in [4.78, 5) is 4.62. The molecule has 0 saturated carbocycles. The van der Waals surface area contributed by atoms with E-state index in [0.717, 1.165) is 11.5 Å². The number of hydrogen-bond acceptors (Lipinski definition) is 2. The molecule has 0 aliphatic heterocycles. The van der Waals surface area contributed by atoms with Gasteiger partial charge in [0.15, 0.2) is 0 Å². The van der Waals surface area contributed by atoms with Gasteiger partial charge in [-0.1, -0.05) is 0 Å². The van der Waals surface area contributed by atoms with Crippen molar-refractivity contribution in [2.24, 2.45) is 0 Å². The van der Waals surface area contributed by atoms with Gasteiger partial charge in [0, 0.05) is 11.7 Å². The molecule has 0 radical (unpaired) electrons. The SMILES string of the molecule is Cc1cc2c(c(NC(C)C)n1)CCCC2. The first kappa shape index (κ1) is 10.5. The highest BCUT2D eigenvalue weighted by Gasteiger charge is 2.15. The Morgan fingerprint density at radius 1 is 1.27 bits per heavy atom. The van der Waals surface area contributed by atoms with Crippen LogP contribution in [0.2, 0.25) is 0 Å². The molecular weight excluding hydrogens is 184 g/mol. The summed E-state index contributed by atoms with van der Waals surface area (Å²) in [7, 11) is 0. The molecule has 0 atom stereocenters. The lowest BCUT2D eigenvalue weighted by atomic mass is 9.92. The maximum Gasteiger partial charge on any atom is 0.129 e. The van der Waals surface area contributed by atoms with Crippen molar-refractivity contribution >= 4 is 5.82 Å². The van der Waals surface area contributed by atoms with Crippen LogP contribution < -0.4 is 5.32 Å². The van der Waals surface area contributed by atoms with E-state index in [0.29, 0.717) is 6.04 Å². The Kier molecular flexibility index (Phi) is 2.94. The number of hydrogen-bond donors (Lipinski definition) is 1. The van der Waals surface area contributed by atoms with Gasteiger partial charge in [-0.05, 0) is 63.6 Å². The molecule has 2 rings (SSSR count). The van der Waals surface area contributed by atoms with E-state index in [1.165, 1.54) is 36.8 Å². The monoisotopic (exact) mass is 204 g/mol. The Bertz CT molecular complexity index is 356. The summed E-state index contributed by atoms with van der Waals surface area (Å²) < 4.78 is 0. The van der Waals surface area contributed by atoms with Gasteiger partial charge in [-0.2, -0.15) is 0 Å². The average molecular weight is 204 g/mol. The molecule has 0 aromatic carbocycles. The third-order valence-electron chi connectivity index (χ3n) is 2.89. The minimum absolute atomic E-state index is 0.463. The number of nitrogens with one attached hydrogen (secondary N) is 1. The zero-order valence-electron chi connectivity index (χ0n) is 9.93. The molecule has 1 heterocycles. The van der Waals surface area contributed by atoms with Gasteiger partial charge in [-0.3, -0.25) is 0 Å². The highest BCUT2D eigenvalue weighted by Crippen LogP contribution is 2.27. The summed E-state index contributed by atoms with van der Waals surface area (Å²) in [6, 6.07) is 2.71. The molecule has 0 spiro atoms. The quantitative estimate of drug-likeness (QED) is 0.800. The van der Waals surface area contributed by atoms with Gasteiger partial charge in [-0.15, -0.1) is 0 Å². The molecule has 1 N–H and O–H groups in total. The third kappa shape index (κ3) is 2.31. The smallest absolute Gasteiger partial charge is 0.129 e. The maximum atomic E-state index is 4.62. The van der Waals surface area contributed by atoms with Gasteiger partial charge < -0.3 is 5.32 Å². The molecular formula is C13H20N2. The predicted molar refractivity (Wildman–Crippen MR) is 64.4 cm³/mol. The summed E-state index contributed by atoms with van der Waals surface area (Å²) in [6.45, 7) is 6.42. The Morgan fingerprint density at radius 2 is 2.00 bits per heavy atom. The number of rotatable bonds is 2. The van der Waals surface area contributed by atoms with Crippen molar-refractivity contribution in [3.63, 3.8) is 0 Å². The molecule has 0 amide bonds. The Hall–Kier alpha value is -1.05. The summed E-state index contributed by atoms with van der Waals surface area (Å²) in [6.07, 6.45) is 5.06. The first-order valence-corrected chi connectivity index (χ1v) is 5.93. The number of pyridine rings is 1. The minimum Gasteiger partial charge on any atom is -0.368 e. The van der Waals surface area contributed by atoms with E-state index in [1.807, 2.05) is 0 Å². The van der Waals surface area contributed by atoms with Crippen LogP contribution in [0.25, 0.3) is 0 Å². The van der Waals surface area contributed by atoms with Crippen LogP contribution in [0.3, 0.4) is 0 Å². The second-order valence-electron chi connectivity index (χ2n) is 4.76. The highest BCUT2D eigenvalue weighted by molar-refractivity contribution is 5.51. The molecule has 2 nitrogen and oxygen atoms in total. The summed E-state index contributed by atoms with van der Waals surface area (Å²) in [5, 5.41) is 3.46. The number of anilines is 1. The van der Waals surface area contributed by atoms with Crippen LogP contribution >= 0.6 is 0 Å². The van der Waals surface area contributed by atoms with E-state index in [-0.39, 0.29) is 0 Å². The molecule has 0 unspecified atom stereocenters. The van der Waals surface area contributed by atoms with Crippen LogP contribution in [0.5, 0.6) is 0 Å². The van der Waals surface area contributed by atoms with Gasteiger partial charge in [0.25, 0.3) is 0 Å². The van der Waals surface area contributed by atoms with Crippen molar-refractivity contribution in [2.75, 3.05) is 5.32 Å². The van der Waals surface area contributed by atoms with Crippen LogP contribution in [0.15, 0.2) is 6.07 Å². The fourth-order valence-electron chi connectivity index (χ4n) is 2.28. The van der Waals surface area contributed by atoms with E-state index < -0.39 is 0 Å². The standard InChI is InChI=1S/C13H20N2/c1-9(2)14-13-12-7-5-4-6-11(12)8-10(3)15-13/h8-9H,4-7H2,1-3H3,(H,14,15). The second-order valence-corrected chi connectivity index (χ2v) is 4.76. The first-order chi connectivity index (χ1) is 7.16. The van der Waals surface area contributed by atoms with Gasteiger partial charge >= 0.3 is 0 Å². The third-order valence-corrected chi connectivity index (χ3v) is 2.89. The van der Waals surface area contributed by atoms with Crippen LogP contribution in [0.1, 0.15) is 43.5 Å². The van der Waals surface area contributed by atoms with Crippen LogP contribution in [0.4, 0.5) is 5.82 Å². The zero-order valence-corrected chi connectivity index (χ0v) is 9.93. The van der Waals surface area contributed by atoms with E-state index in [2.05, 4.69) is 37.1 Å². The van der Waals surface area contributed by atoms with Crippen molar-refractivity contribution in [2.45, 2.75) is 52.5 Å². The first-order valence-electron chi connectivity index (χ1n) is 5.93. The molecule has 82 valence electrons. The largest absolute Gasteiger partial charge is 0.368 e. The molecule has 15 heavy (non-hydrogen) atoms. The van der Waals surface area contributed by atoms with Crippen LogP contribution in [-0.4, -0.2) is 11.0 Å². The van der Waals surface area contributed by atoms with E-state index in [1.54, 1.807) is 0 Å². The molecule has 2 heteroatoms. The number of fused-ring (bicyclic) bond motifs is 1. The number of aryl methyl sites for hydroxylation is 2. The Balaban J connectivity index is 2.38. The second kappa shape index (κ2) is 4.21. The van der Waals surface area contributed by atoms with Crippen molar-refractivity contribution in [3.8, 4) is 0 Å². The van der Waals surface area contributed by atoms with Gasteiger partial charge in [0.1, 0.15) is 5.82 Å². The molecule has 1 aromatic rings. The van der Waals surface area contributed by atoms with Gasteiger partial charge in [0.2, 0.25) is 0 Å². The molecule has 0 fully saturated rings. The topological polar surface area (TPSA) is 24.9 Å². The van der Waals surface area contributed by atoms with E-state index >= 15 is 0 Å². The van der Waals surface area contributed by atoms with E-state index in [9.17, 15) is 0 Å². The molecule has 1 aliphatic carbocycles. The lowest BCUT2D eigenvalue weighted by Crippen LogP contribution is -2.16. The average Bonchev–Trinajstić information content (AvgIpc) is 2.16. The highest BCUT2D eigenvalue weighted by atomic mass is 15.0. The Morgan fingerprint density at radius 3 is 2.73 bits per heavy atom. The van der Waals surface area contributed by atoms with Crippen LogP contribution in [-0.2, 0) is 12.8 Å². The minimum atomic E-state index is 0.463. The molecule has 0 bridgehead atoms. The fraction of sp³-hybridized carbons (Fsp3) is 0.615. The fourth-order valence-corrected chi connectivity index (χ4v) is 2.28. The molecule has 0 saturated heterocycles. The lowest BCUT2D eigenvalue weighted by molar-refractivity contribution is 0.680. The number of nitrogens with zero attached hydrogens (tertiary/aromatic N) is 1. The van der Waals surface area contributed by atoms with Crippen LogP contribution in [0, 0.1) is 6.92 Å². The number of aromatic nitrogens is 1. The van der Waals surface area contributed by atoms with Crippen molar-refractivity contribution in [1.82, 2.24) is 4.98 Å². The predicted octanol–water partition coefficient (Wildman–Crippen LogP) is 3.09. The molecule has 1 aromatic heterocycles. The summed E-state index contributed by atoms with van der Waals surface area (Å²) >= 11 is 0. The Labute approximate surface area is 92.1 Å². The maximum absolute atomic E-state index is 4.62. The lowest BCUT2D eigenvalue weighted by Gasteiger charge is -2.21. The normalized spacial score (nSPS) is 15.2. The molecule has 1 aliphatic rings. The zero-order chi connectivity index (χ0) is 10.8. The van der Waals surface area contributed by atoms with Gasteiger partial charge in [-0.25, -0.2) is 4.98 Å². The summed E-state index contributed by atoms with van der Waals surface area (Å²) in [5.41, 5.74) is 4.11. The van der Waals surface area contributed by atoms with Crippen molar-refractivity contribution < 1.29 is 0 Å². The van der Waals surface area contributed by atoms with Gasteiger partial charge in [0.05, 0.1) is 0 Å². The summed E-state index contributed by atoms with van der Waals surface area (Å²) in [5.74, 6) is 1.12. The van der Waals surface area contributed by atoms with Crippen molar-refractivity contribution in [1.29, 1.82) is 0 Å². The van der Waals surface area contributed by atoms with E-state index in [4.69, 9.17) is 0 Å². The van der Waals surface area contributed by atoms with Crippen molar-refractivity contribution in [3.05, 3.63) is 22.9 Å².